The molecule has 0 aliphatic heterocycles. The minimum absolute atomic E-state index is 0.206. The Kier molecular flexibility index (Phi) is 7.67. The normalized spacial score (nSPS) is 17.8. The Balaban J connectivity index is 2.03. The molecule has 158 valence electrons. The van der Waals surface area contributed by atoms with Crippen LogP contribution in [0.3, 0.4) is 0 Å². The molecule has 7 nitrogen and oxygen atoms in total. The number of ketones is 1. The number of methoxy groups -OCH3 is 1. The van der Waals surface area contributed by atoms with Gasteiger partial charge in [-0.25, -0.2) is 9.59 Å². The van der Waals surface area contributed by atoms with Gasteiger partial charge in [0.15, 0.2) is 5.76 Å². The summed E-state index contributed by atoms with van der Waals surface area (Å²) in [7, 11) is 1.25. The molecule has 1 aliphatic carbocycles. The zero-order valence-corrected chi connectivity index (χ0v) is 17.7. The maximum absolute atomic E-state index is 12.0. The summed E-state index contributed by atoms with van der Waals surface area (Å²) < 4.78 is 15.6. The Bertz CT molecular complexity index is 781. The van der Waals surface area contributed by atoms with Crippen molar-refractivity contribution in [3.05, 3.63) is 41.7 Å². The Morgan fingerprint density at radius 3 is 2.48 bits per heavy atom. The van der Waals surface area contributed by atoms with E-state index in [1.165, 1.54) is 7.11 Å². The van der Waals surface area contributed by atoms with Gasteiger partial charge < -0.3 is 19.5 Å². The van der Waals surface area contributed by atoms with Crippen LogP contribution in [0.5, 0.6) is 5.75 Å². The summed E-state index contributed by atoms with van der Waals surface area (Å²) in [5.41, 5.74) is 0.0831. The van der Waals surface area contributed by atoms with E-state index in [4.69, 9.17) is 25.8 Å². The summed E-state index contributed by atoms with van der Waals surface area (Å²) in [4.78, 5) is 36.1. The Morgan fingerprint density at radius 2 is 1.90 bits per heavy atom. The van der Waals surface area contributed by atoms with Gasteiger partial charge in [-0.1, -0.05) is 12.1 Å². The Hall–Kier alpha value is -2.54. The number of nitrogens with one attached hydrogen (secondary N) is 1. The van der Waals surface area contributed by atoms with Gasteiger partial charge in [-0.3, -0.25) is 4.79 Å². The largest absolute Gasteiger partial charge is 0.467 e. The van der Waals surface area contributed by atoms with E-state index in [0.29, 0.717) is 18.6 Å². The van der Waals surface area contributed by atoms with Crippen LogP contribution in [0.4, 0.5) is 4.79 Å². The molecule has 1 aromatic carbocycles. The van der Waals surface area contributed by atoms with E-state index in [1.54, 1.807) is 51.1 Å². The van der Waals surface area contributed by atoms with Crippen LogP contribution in [0.2, 0.25) is 0 Å². The Morgan fingerprint density at radius 1 is 1.24 bits per heavy atom. The smallest absolute Gasteiger partial charge is 0.408 e. The van der Waals surface area contributed by atoms with Gasteiger partial charge in [0.2, 0.25) is 5.78 Å². The van der Waals surface area contributed by atoms with Crippen molar-refractivity contribution in [2.24, 2.45) is 0 Å². The number of hydrogen-bond donors (Lipinski definition) is 1. The lowest BCUT2D eigenvalue weighted by Gasteiger charge is -2.22. The predicted molar refractivity (Wildman–Crippen MR) is 108 cm³/mol. The van der Waals surface area contributed by atoms with Gasteiger partial charge >= 0.3 is 12.1 Å². The fourth-order valence-corrected chi connectivity index (χ4v) is 2.91. The molecule has 0 aromatic heterocycles. The zero-order valence-electron chi connectivity index (χ0n) is 17.0. The van der Waals surface area contributed by atoms with Crippen LogP contribution in [0.15, 0.2) is 36.1 Å². The second-order valence-electron chi connectivity index (χ2n) is 7.65. The third-order valence-electron chi connectivity index (χ3n) is 4.04. The van der Waals surface area contributed by atoms with Crippen LogP contribution in [0.1, 0.15) is 39.2 Å². The van der Waals surface area contributed by atoms with Crippen molar-refractivity contribution in [3.63, 3.8) is 0 Å². The number of benzene rings is 1. The van der Waals surface area contributed by atoms with Crippen LogP contribution in [0.25, 0.3) is 0 Å². The zero-order chi connectivity index (χ0) is 21.6. The molecule has 1 amide bonds. The molecule has 0 radical (unpaired) electrons. The van der Waals surface area contributed by atoms with Gasteiger partial charge in [-0.05, 0) is 57.4 Å². The highest BCUT2D eigenvalue weighted by Gasteiger charge is 2.26. The summed E-state index contributed by atoms with van der Waals surface area (Å²) in [5, 5.41) is 1.97. The molecule has 0 fully saturated rings. The van der Waals surface area contributed by atoms with Crippen molar-refractivity contribution in [2.75, 3.05) is 7.11 Å². The SMILES string of the molecule is COC(=O)[C@H](Cc1ccc(OC2=CCCC(Cl)C2=O)cc1)NC(=O)OC(C)(C)C. The number of carbonyl (C=O) groups excluding carboxylic acids is 3. The molecule has 1 aliphatic rings. The molecule has 8 heteroatoms. The van der Waals surface area contributed by atoms with Crippen LogP contribution in [0, 0.1) is 0 Å². The second kappa shape index (κ2) is 9.78. The summed E-state index contributed by atoms with van der Waals surface area (Å²) >= 11 is 5.98. The van der Waals surface area contributed by atoms with Crippen molar-refractivity contribution >= 4 is 29.4 Å². The number of alkyl carbamates (subject to hydrolysis) is 1. The number of Topliss-reactive ketones (excluding diaryl/α,β-unsaturated/α-hetero) is 1. The van der Waals surface area contributed by atoms with E-state index in [-0.39, 0.29) is 18.0 Å². The van der Waals surface area contributed by atoms with Gasteiger partial charge in [-0.2, -0.15) is 0 Å². The lowest BCUT2D eigenvalue weighted by atomic mass is 10.0. The lowest BCUT2D eigenvalue weighted by Crippen LogP contribution is -2.45. The summed E-state index contributed by atoms with van der Waals surface area (Å²) in [6.45, 7) is 5.20. The number of rotatable bonds is 6. The third kappa shape index (κ3) is 7.09. The fraction of sp³-hybridized carbons (Fsp3) is 0.476. The number of allylic oxidation sites excluding steroid dienone is 2. The molecule has 2 rings (SSSR count). The van der Waals surface area contributed by atoms with E-state index >= 15 is 0 Å². The first-order valence-corrected chi connectivity index (χ1v) is 9.75. The van der Waals surface area contributed by atoms with Gasteiger partial charge in [0.1, 0.15) is 22.8 Å². The Labute approximate surface area is 175 Å². The average molecular weight is 424 g/mol. The van der Waals surface area contributed by atoms with E-state index in [2.05, 4.69) is 5.32 Å². The summed E-state index contributed by atoms with van der Waals surface area (Å²) in [6, 6.07) is 5.95. The number of hydrogen-bond acceptors (Lipinski definition) is 6. The van der Waals surface area contributed by atoms with E-state index in [0.717, 1.165) is 5.56 Å². The maximum atomic E-state index is 12.0. The molecule has 1 N–H and O–H groups in total. The first-order chi connectivity index (χ1) is 13.6. The van der Waals surface area contributed by atoms with Crippen molar-refractivity contribution < 1.29 is 28.6 Å². The molecule has 0 saturated carbocycles. The second-order valence-corrected chi connectivity index (χ2v) is 8.18. The van der Waals surface area contributed by atoms with E-state index < -0.39 is 29.1 Å². The van der Waals surface area contributed by atoms with E-state index in [1.807, 2.05) is 0 Å². The monoisotopic (exact) mass is 423 g/mol. The van der Waals surface area contributed by atoms with Crippen molar-refractivity contribution in [1.82, 2.24) is 5.32 Å². The number of ether oxygens (including phenoxy) is 3. The highest BCUT2D eigenvalue weighted by atomic mass is 35.5. The first kappa shape index (κ1) is 22.7. The lowest BCUT2D eigenvalue weighted by molar-refractivity contribution is -0.143. The molecular weight excluding hydrogens is 398 g/mol. The van der Waals surface area contributed by atoms with Crippen molar-refractivity contribution in [3.8, 4) is 5.75 Å². The maximum Gasteiger partial charge on any atom is 0.408 e. The minimum Gasteiger partial charge on any atom is -0.467 e. The number of esters is 1. The van der Waals surface area contributed by atoms with Crippen LogP contribution >= 0.6 is 11.6 Å². The average Bonchev–Trinajstić information content (AvgIpc) is 2.64. The van der Waals surface area contributed by atoms with Crippen LogP contribution in [-0.2, 0) is 25.5 Å². The van der Waals surface area contributed by atoms with Crippen molar-refractivity contribution in [2.45, 2.75) is 57.1 Å². The number of carbonyl (C=O) groups is 3. The molecule has 29 heavy (non-hydrogen) atoms. The summed E-state index contributed by atoms with van der Waals surface area (Å²) in [6.07, 6.45) is 2.52. The molecule has 1 aromatic rings. The van der Waals surface area contributed by atoms with Crippen LogP contribution < -0.4 is 10.1 Å². The molecule has 0 saturated heterocycles. The summed E-state index contributed by atoms with van der Waals surface area (Å²) in [5.74, 6) is -0.0894. The van der Waals surface area contributed by atoms with Crippen LogP contribution in [-0.4, -0.2) is 42.0 Å². The topological polar surface area (TPSA) is 90.9 Å². The molecule has 2 atom stereocenters. The standard InChI is InChI=1S/C21H26ClNO6/c1-21(2,3)29-20(26)23-16(19(25)27-4)12-13-8-10-14(11-9-13)28-17-7-5-6-15(22)18(17)24/h7-11,15-16H,5-6,12H2,1-4H3,(H,23,26)/t15?,16-/m0/s1. The third-order valence-corrected chi connectivity index (χ3v) is 4.46. The molecule has 0 bridgehead atoms. The molecular formula is C21H26ClNO6. The predicted octanol–water partition coefficient (Wildman–Crippen LogP) is 3.53. The number of alkyl halides is 1. The minimum atomic E-state index is -0.902. The molecule has 0 spiro atoms. The molecule has 0 heterocycles. The highest BCUT2D eigenvalue weighted by Crippen LogP contribution is 2.23. The van der Waals surface area contributed by atoms with Crippen molar-refractivity contribution in [1.29, 1.82) is 0 Å². The highest BCUT2D eigenvalue weighted by molar-refractivity contribution is 6.33. The quantitative estimate of drug-likeness (QED) is 0.556. The van der Waals surface area contributed by atoms with Gasteiger partial charge in [0.25, 0.3) is 0 Å². The number of halogens is 1. The molecule has 1 unspecified atom stereocenters. The first-order valence-electron chi connectivity index (χ1n) is 9.31. The van der Waals surface area contributed by atoms with Gasteiger partial charge in [0.05, 0.1) is 7.11 Å². The fourth-order valence-electron chi connectivity index (χ4n) is 2.68. The number of amides is 1. The van der Waals surface area contributed by atoms with Gasteiger partial charge in [-0.15, -0.1) is 11.6 Å². The van der Waals surface area contributed by atoms with E-state index in [9.17, 15) is 14.4 Å². The van der Waals surface area contributed by atoms with Gasteiger partial charge in [0, 0.05) is 6.42 Å².